The van der Waals surface area contributed by atoms with Crippen molar-refractivity contribution < 1.29 is 27.9 Å². The fourth-order valence-corrected chi connectivity index (χ4v) is 2.16. The highest BCUT2D eigenvalue weighted by atomic mass is 19.4. The van der Waals surface area contributed by atoms with E-state index in [4.69, 9.17) is 9.94 Å². The van der Waals surface area contributed by atoms with Crippen LogP contribution in [0.1, 0.15) is 17.7 Å². The number of benzene rings is 1. The highest BCUT2D eigenvalue weighted by Crippen LogP contribution is 2.31. The molecule has 0 aliphatic carbocycles. The Hall–Kier alpha value is -2.55. The summed E-state index contributed by atoms with van der Waals surface area (Å²) in [5.74, 6) is -0.138. The summed E-state index contributed by atoms with van der Waals surface area (Å²) in [7, 11) is 0. The number of carbonyl (C=O) groups is 1. The minimum absolute atomic E-state index is 0.138. The number of carbonyl (C=O) groups excluding carboxylic acids is 1. The second-order valence-corrected chi connectivity index (χ2v) is 5.33. The van der Waals surface area contributed by atoms with Crippen LogP contribution in [0.3, 0.4) is 0 Å². The van der Waals surface area contributed by atoms with Crippen molar-refractivity contribution in [1.82, 2.24) is 14.6 Å². The van der Waals surface area contributed by atoms with Gasteiger partial charge in [0.25, 0.3) is 0 Å². The first kappa shape index (κ1) is 16.3. The van der Waals surface area contributed by atoms with Gasteiger partial charge in [-0.1, -0.05) is 24.3 Å². The Bertz CT molecular complexity index is 737. The Balaban J connectivity index is 1.95. The molecule has 1 fully saturated rings. The molecule has 9 heteroatoms. The van der Waals surface area contributed by atoms with E-state index in [1.165, 1.54) is 17.0 Å². The number of aliphatic hydroxyl groups is 1. The zero-order chi connectivity index (χ0) is 17.3. The van der Waals surface area contributed by atoms with Crippen molar-refractivity contribution in [3.8, 4) is 11.4 Å². The number of rotatable bonds is 3. The zero-order valence-corrected chi connectivity index (χ0v) is 12.5. The molecule has 1 aliphatic rings. The molecule has 0 radical (unpaired) electrons. The lowest BCUT2D eigenvalue weighted by Crippen LogP contribution is -2.45. The van der Waals surface area contributed by atoms with E-state index in [2.05, 4.69) is 4.98 Å². The minimum Gasteiger partial charge on any atom is -0.392 e. The third-order valence-corrected chi connectivity index (χ3v) is 3.65. The minimum atomic E-state index is -4.66. The summed E-state index contributed by atoms with van der Waals surface area (Å²) in [4.78, 5) is 21.8. The van der Waals surface area contributed by atoms with Crippen molar-refractivity contribution in [3.63, 3.8) is 0 Å². The molecule has 2 aromatic rings. The van der Waals surface area contributed by atoms with E-state index < -0.39 is 18.0 Å². The van der Waals surface area contributed by atoms with Crippen LogP contribution in [0.4, 0.5) is 18.0 Å². The number of likely N-dealkylation sites (tertiary alicyclic amines) is 1. The first-order valence-corrected chi connectivity index (χ1v) is 7.22. The van der Waals surface area contributed by atoms with E-state index in [1.54, 1.807) is 12.1 Å². The Morgan fingerprint density at radius 3 is 2.42 bits per heavy atom. The zero-order valence-electron chi connectivity index (χ0n) is 12.5. The van der Waals surface area contributed by atoms with Crippen LogP contribution in [0.2, 0.25) is 0 Å². The van der Waals surface area contributed by atoms with Crippen LogP contribution in [0, 0.1) is 0 Å². The molecule has 0 spiro atoms. The molecule has 1 aliphatic heterocycles. The number of halogens is 3. The summed E-state index contributed by atoms with van der Waals surface area (Å²) >= 11 is 0. The van der Waals surface area contributed by atoms with Gasteiger partial charge >= 0.3 is 12.3 Å². The molecule has 24 heavy (non-hydrogen) atoms. The maximum absolute atomic E-state index is 12.9. The van der Waals surface area contributed by atoms with Crippen LogP contribution in [0.25, 0.3) is 11.4 Å². The number of nitrogens with zero attached hydrogens (tertiary/aromatic N) is 3. The molecule has 1 aromatic heterocycles. The molecule has 0 atom stereocenters. The van der Waals surface area contributed by atoms with Gasteiger partial charge in [-0.3, -0.25) is 0 Å². The van der Waals surface area contributed by atoms with Crippen molar-refractivity contribution in [1.29, 1.82) is 0 Å². The van der Waals surface area contributed by atoms with Gasteiger partial charge < -0.3 is 14.8 Å². The van der Waals surface area contributed by atoms with E-state index in [0.29, 0.717) is 30.4 Å². The molecule has 3 rings (SSSR count). The molecule has 1 N–H and O–H groups in total. The predicted octanol–water partition coefficient (Wildman–Crippen LogP) is 2.32. The van der Waals surface area contributed by atoms with Gasteiger partial charge in [0.15, 0.2) is 11.5 Å². The monoisotopic (exact) mass is 341 g/mol. The molecule has 0 saturated carbocycles. The largest absolute Gasteiger partial charge is 0.435 e. The average Bonchev–Trinajstić information content (AvgIpc) is 2.89. The summed E-state index contributed by atoms with van der Waals surface area (Å²) in [6, 6.07) is 6.11. The number of aromatic nitrogens is 2. The second kappa shape index (κ2) is 6.16. The van der Waals surface area contributed by atoms with Crippen LogP contribution >= 0.6 is 0 Å². The lowest BCUT2D eigenvalue weighted by molar-refractivity contribution is -0.141. The van der Waals surface area contributed by atoms with Gasteiger partial charge in [0.1, 0.15) is 0 Å². The van der Waals surface area contributed by atoms with Gasteiger partial charge in [0.2, 0.25) is 0 Å². The van der Waals surface area contributed by atoms with Gasteiger partial charge in [-0.15, -0.1) is 0 Å². The molecule has 6 nitrogen and oxygen atoms in total. The first-order chi connectivity index (χ1) is 11.4. The smallest absolute Gasteiger partial charge is 0.392 e. The molecule has 1 aromatic carbocycles. The molecule has 128 valence electrons. The quantitative estimate of drug-likeness (QED) is 0.930. The van der Waals surface area contributed by atoms with Crippen molar-refractivity contribution in [2.24, 2.45) is 0 Å². The Morgan fingerprint density at radius 1 is 1.25 bits per heavy atom. The SMILES string of the molecule is O=C(On1cc(C(F)(F)F)nc1-c1ccc(CO)cc1)N1CCC1. The number of imidazole rings is 1. The van der Waals surface area contributed by atoms with E-state index in [-0.39, 0.29) is 12.4 Å². The summed E-state index contributed by atoms with van der Waals surface area (Å²) < 4.78 is 39.5. The van der Waals surface area contributed by atoms with E-state index >= 15 is 0 Å². The van der Waals surface area contributed by atoms with Gasteiger partial charge in [0.05, 0.1) is 12.8 Å². The van der Waals surface area contributed by atoms with Crippen molar-refractivity contribution in [2.75, 3.05) is 13.1 Å². The third-order valence-electron chi connectivity index (χ3n) is 3.65. The lowest BCUT2D eigenvalue weighted by atomic mass is 10.1. The van der Waals surface area contributed by atoms with Crippen molar-refractivity contribution >= 4 is 6.09 Å². The fourth-order valence-electron chi connectivity index (χ4n) is 2.16. The Labute approximate surface area is 135 Å². The van der Waals surface area contributed by atoms with E-state index in [9.17, 15) is 18.0 Å². The van der Waals surface area contributed by atoms with Crippen LogP contribution in [0.5, 0.6) is 0 Å². The second-order valence-electron chi connectivity index (χ2n) is 5.33. The maximum atomic E-state index is 12.9. The molecule has 0 bridgehead atoms. The molecule has 1 amide bonds. The molecule has 2 heterocycles. The Kier molecular flexibility index (Phi) is 4.18. The van der Waals surface area contributed by atoms with Crippen molar-refractivity contribution in [3.05, 3.63) is 41.7 Å². The number of alkyl halides is 3. The van der Waals surface area contributed by atoms with Crippen molar-refractivity contribution in [2.45, 2.75) is 19.2 Å². The van der Waals surface area contributed by atoms with Crippen LogP contribution in [-0.2, 0) is 12.8 Å². The van der Waals surface area contributed by atoms with Crippen LogP contribution in [-0.4, -0.2) is 38.9 Å². The highest BCUT2D eigenvalue weighted by molar-refractivity contribution is 5.69. The summed E-state index contributed by atoms with van der Waals surface area (Å²) in [6.45, 7) is 0.840. The number of hydrogen-bond acceptors (Lipinski definition) is 4. The third kappa shape index (κ3) is 3.21. The summed E-state index contributed by atoms with van der Waals surface area (Å²) in [6.07, 6.45) is -3.90. The highest BCUT2D eigenvalue weighted by Gasteiger charge is 2.36. The van der Waals surface area contributed by atoms with E-state index in [1.807, 2.05) is 0 Å². The number of aliphatic hydroxyl groups excluding tert-OH is 1. The fraction of sp³-hybridized carbons (Fsp3) is 0.333. The molecular weight excluding hydrogens is 327 g/mol. The molecular formula is C15H14F3N3O3. The average molecular weight is 341 g/mol. The Morgan fingerprint density at radius 2 is 1.92 bits per heavy atom. The van der Waals surface area contributed by atoms with Crippen LogP contribution < -0.4 is 4.84 Å². The van der Waals surface area contributed by atoms with Gasteiger partial charge in [-0.05, 0) is 12.0 Å². The summed E-state index contributed by atoms with van der Waals surface area (Å²) in [5, 5.41) is 9.03. The number of hydrogen-bond donors (Lipinski definition) is 1. The number of amides is 1. The van der Waals surface area contributed by atoms with Gasteiger partial charge in [-0.25, -0.2) is 9.78 Å². The lowest BCUT2D eigenvalue weighted by Gasteiger charge is -2.29. The van der Waals surface area contributed by atoms with E-state index in [0.717, 1.165) is 11.2 Å². The van der Waals surface area contributed by atoms with Crippen LogP contribution in [0.15, 0.2) is 30.5 Å². The van der Waals surface area contributed by atoms with Gasteiger partial charge in [-0.2, -0.15) is 17.9 Å². The normalized spacial score (nSPS) is 14.4. The maximum Gasteiger partial charge on any atom is 0.435 e. The topological polar surface area (TPSA) is 67.6 Å². The molecule has 0 unspecified atom stereocenters. The molecule has 1 saturated heterocycles. The first-order valence-electron chi connectivity index (χ1n) is 7.22. The predicted molar refractivity (Wildman–Crippen MR) is 76.8 cm³/mol. The standard InChI is InChI=1S/C15H14F3N3O3/c16-15(17,18)12-8-21(24-14(23)20-6-1-7-20)13(19-12)11-4-2-10(9-22)3-5-11/h2-5,8,22H,1,6-7,9H2. The van der Waals surface area contributed by atoms with Gasteiger partial charge in [0, 0.05) is 18.7 Å². The summed E-state index contributed by atoms with van der Waals surface area (Å²) in [5.41, 5.74) is -0.218.